The first-order chi connectivity index (χ1) is 11.7. The van der Waals surface area contributed by atoms with Gasteiger partial charge in [0, 0.05) is 12.6 Å². The van der Waals surface area contributed by atoms with Gasteiger partial charge in [-0.05, 0) is 57.7 Å². The minimum atomic E-state index is -0.468. The minimum absolute atomic E-state index is 0.210. The molecular weight excluding hydrogens is 316 g/mol. The molecule has 0 bridgehead atoms. The number of carbonyl (C=O) groups is 1. The molecule has 2 aliphatic heterocycles. The average Bonchev–Trinajstić information content (AvgIpc) is 2.47. The van der Waals surface area contributed by atoms with Crippen LogP contribution in [0, 0.1) is 13.8 Å². The van der Waals surface area contributed by atoms with Crippen molar-refractivity contribution in [3.05, 3.63) is 34.9 Å². The highest BCUT2D eigenvalue weighted by Gasteiger charge is 2.53. The Bertz CT molecular complexity index is 645. The number of carbonyl (C=O) groups excluding carboxylic acids is 1. The highest BCUT2D eigenvalue weighted by molar-refractivity contribution is 5.69. The molecule has 1 aromatic carbocycles. The van der Waals surface area contributed by atoms with Crippen molar-refractivity contribution in [2.75, 3.05) is 26.2 Å². The van der Waals surface area contributed by atoms with Crippen LogP contribution in [-0.4, -0.2) is 54.5 Å². The van der Waals surface area contributed by atoms with E-state index in [2.05, 4.69) is 37.4 Å². The summed E-state index contributed by atoms with van der Waals surface area (Å²) in [5.41, 5.74) is 3.16. The monoisotopic (exact) mass is 346 g/mol. The number of amides is 1. The molecule has 2 fully saturated rings. The smallest absolute Gasteiger partial charge is 0.410 e. The number of aryl methyl sites for hydroxylation is 2. The molecule has 1 unspecified atom stereocenters. The van der Waals surface area contributed by atoms with Crippen LogP contribution in [-0.2, 0) is 15.9 Å². The van der Waals surface area contributed by atoms with Crippen molar-refractivity contribution >= 4 is 6.09 Å². The fourth-order valence-corrected chi connectivity index (χ4v) is 3.57. The molecule has 1 spiro atoms. The molecule has 0 saturated carbocycles. The molecule has 138 valence electrons. The van der Waals surface area contributed by atoms with Gasteiger partial charge in [-0.15, -0.1) is 0 Å². The molecule has 2 aliphatic rings. The SMILES string of the molecule is Cc1ccc(CC2NCCOC23CN(C(=O)OC(C)(C)C)C3)cc1C. The predicted octanol–water partition coefficient (Wildman–Crippen LogP) is 2.82. The lowest BCUT2D eigenvalue weighted by Crippen LogP contribution is -2.75. The third kappa shape index (κ3) is 3.98. The van der Waals surface area contributed by atoms with Gasteiger partial charge in [-0.1, -0.05) is 18.2 Å². The minimum Gasteiger partial charge on any atom is -0.444 e. The topological polar surface area (TPSA) is 50.8 Å². The zero-order valence-corrected chi connectivity index (χ0v) is 16.0. The Hall–Kier alpha value is -1.59. The van der Waals surface area contributed by atoms with Gasteiger partial charge in [-0.25, -0.2) is 4.79 Å². The largest absolute Gasteiger partial charge is 0.444 e. The van der Waals surface area contributed by atoms with E-state index in [-0.39, 0.29) is 17.7 Å². The van der Waals surface area contributed by atoms with Crippen molar-refractivity contribution in [2.24, 2.45) is 0 Å². The second kappa shape index (κ2) is 6.61. The van der Waals surface area contributed by atoms with Gasteiger partial charge < -0.3 is 19.7 Å². The molecule has 5 heteroatoms. The van der Waals surface area contributed by atoms with Crippen LogP contribution < -0.4 is 5.32 Å². The van der Waals surface area contributed by atoms with E-state index in [0.29, 0.717) is 19.7 Å². The maximum atomic E-state index is 12.2. The van der Waals surface area contributed by atoms with Crippen LogP contribution in [0.1, 0.15) is 37.5 Å². The maximum absolute atomic E-state index is 12.2. The fraction of sp³-hybridized carbons (Fsp3) is 0.650. The lowest BCUT2D eigenvalue weighted by atomic mass is 9.81. The van der Waals surface area contributed by atoms with Crippen molar-refractivity contribution < 1.29 is 14.3 Å². The first-order valence-corrected chi connectivity index (χ1v) is 9.10. The predicted molar refractivity (Wildman–Crippen MR) is 97.9 cm³/mol. The Labute approximate surface area is 150 Å². The zero-order chi connectivity index (χ0) is 18.2. The number of rotatable bonds is 2. The normalized spacial score (nSPS) is 22.6. The molecule has 0 aromatic heterocycles. The van der Waals surface area contributed by atoms with E-state index in [1.165, 1.54) is 16.7 Å². The molecule has 2 saturated heterocycles. The van der Waals surface area contributed by atoms with Crippen molar-refractivity contribution in [1.82, 2.24) is 10.2 Å². The number of nitrogens with one attached hydrogen (secondary N) is 1. The van der Waals surface area contributed by atoms with Gasteiger partial charge >= 0.3 is 6.09 Å². The molecule has 25 heavy (non-hydrogen) atoms. The Morgan fingerprint density at radius 1 is 1.32 bits per heavy atom. The summed E-state index contributed by atoms with van der Waals surface area (Å²) >= 11 is 0. The summed E-state index contributed by atoms with van der Waals surface area (Å²) < 4.78 is 11.6. The summed E-state index contributed by atoms with van der Waals surface area (Å²) in [7, 11) is 0. The third-order valence-corrected chi connectivity index (χ3v) is 5.10. The molecule has 2 heterocycles. The fourth-order valence-electron chi connectivity index (χ4n) is 3.57. The lowest BCUT2D eigenvalue weighted by Gasteiger charge is -2.55. The van der Waals surface area contributed by atoms with E-state index in [1.54, 1.807) is 4.90 Å². The number of likely N-dealkylation sites (tertiary alicyclic amines) is 1. The number of hydrogen-bond donors (Lipinski definition) is 1. The molecular formula is C20H30N2O3. The number of benzene rings is 1. The number of ether oxygens (including phenoxy) is 2. The van der Waals surface area contributed by atoms with Gasteiger partial charge in [0.05, 0.1) is 19.7 Å². The quantitative estimate of drug-likeness (QED) is 0.895. The second-order valence-corrected chi connectivity index (χ2v) is 8.38. The zero-order valence-electron chi connectivity index (χ0n) is 16.0. The van der Waals surface area contributed by atoms with Crippen LogP contribution in [0.3, 0.4) is 0 Å². The number of nitrogens with zero attached hydrogens (tertiary/aromatic N) is 1. The second-order valence-electron chi connectivity index (χ2n) is 8.38. The summed E-state index contributed by atoms with van der Waals surface area (Å²) in [4.78, 5) is 14.0. The first kappa shape index (κ1) is 18.2. The molecule has 0 radical (unpaired) electrons. The maximum Gasteiger partial charge on any atom is 0.410 e. The summed E-state index contributed by atoms with van der Waals surface area (Å²) in [6.07, 6.45) is 0.653. The standard InChI is InChI=1S/C20H30N2O3/c1-14-6-7-16(10-15(14)2)11-17-20(24-9-8-21-17)12-22(13-20)18(23)25-19(3,4)5/h6-7,10,17,21H,8-9,11-13H2,1-5H3. The molecule has 1 atom stereocenters. The van der Waals surface area contributed by atoms with Crippen molar-refractivity contribution in [1.29, 1.82) is 0 Å². The number of hydrogen-bond acceptors (Lipinski definition) is 4. The molecule has 1 aromatic rings. The molecule has 1 amide bonds. The van der Waals surface area contributed by atoms with E-state index in [9.17, 15) is 4.79 Å². The van der Waals surface area contributed by atoms with Crippen molar-refractivity contribution in [3.63, 3.8) is 0 Å². The third-order valence-electron chi connectivity index (χ3n) is 5.10. The first-order valence-electron chi connectivity index (χ1n) is 9.10. The summed E-state index contributed by atoms with van der Waals surface area (Å²) in [6, 6.07) is 6.83. The van der Waals surface area contributed by atoms with Gasteiger partial charge in [-0.3, -0.25) is 0 Å². The van der Waals surface area contributed by atoms with Crippen molar-refractivity contribution in [3.8, 4) is 0 Å². The van der Waals surface area contributed by atoms with Gasteiger partial charge in [0.2, 0.25) is 0 Å². The highest BCUT2D eigenvalue weighted by Crippen LogP contribution is 2.33. The van der Waals surface area contributed by atoms with Crippen LogP contribution in [0.2, 0.25) is 0 Å². The highest BCUT2D eigenvalue weighted by atomic mass is 16.6. The molecule has 1 N–H and O–H groups in total. The van der Waals surface area contributed by atoms with Crippen LogP contribution in [0.25, 0.3) is 0 Å². The summed E-state index contributed by atoms with van der Waals surface area (Å²) in [6.45, 7) is 12.7. The van der Waals surface area contributed by atoms with Crippen LogP contribution >= 0.6 is 0 Å². The van der Waals surface area contributed by atoms with E-state index < -0.39 is 5.60 Å². The van der Waals surface area contributed by atoms with Gasteiger partial charge in [-0.2, -0.15) is 0 Å². The molecule has 5 nitrogen and oxygen atoms in total. The Kier molecular flexibility index (Phi) is 4.82. The molecule has 3 rings (SSSR count). The Morgan fingerprint density at radius 3 is 2.68 bits per heavy atom. The van der Waals surface area contributed by atoms with Crippen molar-refractivity contribution in [2.45, 2.75) is 58.3 Å². The van der Waals surface area contributed by atoms with Crippen LogP contribution in [0.5, 0.6) is 0 Å². The van der Waals surface area contributed by atoms with E-state index in [0.717, 1.165) is 13.0 Å². The van der Waals surface area contributed by atoms with E-state index in [4.69, 9.17) is 9.47 Å². The summed E-state index contributed by atoms with van der Waals surface area (Å²) in [5, 5.41) is 3.60. The van der Waals surface area contributed by atoms with Crippen LogP contribution in [0.15, 0.2) is 18.2 Å². The summed E-state index contributed by atoms with van der Waals surface area (Å²) in [5.74, 6) is 0. The van der Waals surface area contributed by atoms with E-state index >= 15 is 0 Å². The average molecular weight is 346 g/mol. The van der Waals surface area contributed by atoms with Gasteiger partial charge in [0.15, 0.2) is 0 Å². The van der Waals surface area contributed by atoms with Gasteiger partial charge in [0.25, 0.3) is 0 Å². The van der Waals surface area contributed by atoms with Gasteiger partial charge in [0.1, 0.15) is 11.2 Å². The Morgan fingerprint density at radius 2 is 2.04 bits per heavy atom. The van der Waals surface area contributed by atoms with Crippen LogP contribution in [0.4, 0.5) is 4.79 Å². The Balaban J connectivity index is 1.66. The number of morpholine rings is 1. The van der Waals surface area contributed by atoms with E-state index in [1.807, 2.05) is 20.8 Å². The lowest BCUT2D eigenvalue weighted by molar-refractivity contribution is -0.174. The molecule has 0 aliphatic carbocycles.